The molecule has 1 atom stereocenters. The van der Waals surface area contributed by atoms with Crippen molar-refractivity contribution in [2.24, 2.45) is 5.92 Å². The van der Waals surface area contributed by atoms with Gasteiger partial charge >= 0.3 is 0 Å². The van der Waals surface area contributed by atoms with Crippen LogP contribution in [0.5, 0.6) is 0 Å². The summed E-state index contributed by atoms with van der Waals surface area (Å²) in [6.07, 6.45) is 0.172. The van der Waals surface area contributed by atoms with Crippen LogP contribution in [-0.2, 0) is 9.59 Å². The van der Waals surface area contributed by atoms with Crippen LogP contribution in [0.3, 0.4) is 0 Å². The van der Waals surface area contributed by atoms with Crippen molar-refractivity contribution >= 4 is 39.8 Å². The summed E-state index contributed by atoms with van der Waals surface area (Å²) >= 11 is 1.20. The summed E-state index contributed by atoms with van der Waals surface area (Å²) in [6.45, 7) is 1.77. The normalized spacial score (nSPS) is 17.3. The Labute approximate surface area is 137 Å². The molecule has 0 radical (unpaired) electrons. The molecule has 1 saturated heterocycles. The first-order valence-corrected chi connectivity index (χ1v) is 8.05. The van der Waals surface area contributed by atoms with Crippen molar-refractivity contribution in [3.63, 3.8) is 0 Å². The molecule has 23 heavy (non-hydrogen) atoms. The van der Waals surface area contributed by atoms with Crippen LogP contribution in [-0.4, -0.2) is 29.1 Å². The van der Waals surface area contributed by atoms with Crippen LogP contribution in [0.1, 0.15) is 23.8 Å². The quantitative estimate of drug-likeness (QED) is 0.873. The largest absolute Gasteiger partial charge is 0.312 e. The minimum absolute atomic E-state index is 0.0695. The smallest absolute Gasteiger partial charge is 0.231 e. The Morgan fingerprint density at radius 2 is 2.04 bits per heavy atom. The van der Waals surface area contributed by atoms with Crippen molar-refractivity contribution in [2.75, 3.05) is 16.8 Å². The maximum Gasteiger partial charge on any atom is 0.231 e. The van der Waals surface area contributed by atoms with E-state index in [1.54, 1.807) is 10.3 Å². The molecule has 2 aromatic rings. The van der Waals surface area contributed by atoms with Gasteiger partial charge in [0.05, 0.1) is 5.92 Å². The molecule has 3 rings (SSSR count). The molecule has 0 saturated carbocycles. The molecule has 118 valence electrons. The first-order chi connectivity index (χ1) is 11.0. The summed E-state index contributed by atoms with van der Waals surface area (Å²) in [6, 6.07) is 9.28. The SMILES string of the molecule is CC(=O)c1csc(NC(=O)C2CC(=O)N(c3ccccc3)C2)n1. The van der Waals surface area contributed by atoms with E-state index in [0.717, 1.165) is 5.69 Å². The maximum absolute atomic E-state index is 12.3. The van der Waals surface area contributed by atoms with Crippen molar-refractivity contribution in [2.45, 2.75) is 13.3 Å². The number of anilines is 2. The molecule has 1 aliphatic rings. The average Bonchev–Trinajstić information content (AvgIpc) is 3.15. The van der Waals surface area contributed by atoms with Crippen LogP contribution in [0.25, 0.3) is 0 Å². The Bertz CT molecular complexity index is 757. The average molecular weight is 329 g/mol. The van der Waals surface area contributed by atoms with Gasteiger partial charge < -0.3 is 10.2 Å². The summed E-state index contributed by atoms with van der Waals surface area (Å²) < 4.78 is 0. The Kier molecular flexibility index (Phi) is 4.20. The number of thiazole rings is 1. The molecule has 7 heteroatoms. The fourth-order valence-corrected chi connectivity index (χ4v) is 3.19. The Morgan fingerprint density at radius 3 is 2.70 bits per heavy atom. The third-order valence-corrected chi connectivity index (χ3v) is 4.42. The predicted molar refractivity (Wildman–Crippen MR) is 87.7 cm³/mol. The van der Waals surface area contributed by atoms with Gasteiger partial charge in [0.15, 0.2) is 10.9 Å². The highest BCUT2D eigenvalue weighted by atomic mass is 32.1. The van der Waals surface area contributed by atoms with Gasteiger partial charge in [-0.05, 0) is 12.1 Å². The summed E-state index contributed by atoms with van der Waals surface area (Å²) in [4.78, 5) is 41.3. The molecule has 1 N–H and O–H groups in total. The molecule has 0 bridgehead atoms. The van der Waals surface area contributed by atoms with Crippen molar-refractivity contribution in [3.8, 4) is 0 Å². The van der Waals surface area contributed by atoms with E-state index in [4.69, 9.17) is 0 Å². The molecule has 2 heterocycles. The number of rotatable bonds is 4. The number of ketones is 1. The molecule has 1 aromatic carbocycles. The van der Waals surface area contributed by atoms with Crippen LogP contribution >= 0.6 is 11.3 Å². The van der Waals surface area contributed by atoms with Crippen LogP contribution in [0.2, 0.25) is 0 Å². The van der Waals surface area contributed by atoms with Crippen LogP contribution in [0, 0.1) is 5.92 Å². The van der Waals surface area contributed by atoms with E-state index in [1.807, 2.05) is 30.3 Å². The molecule has 1 unspecified atom stereocenters. The highest BCUT2D eigenvalue weighted by molar-refractivity contribution is 7.14. The lowest BCUT2D eigenvalue weighted by Gasteiger charge is -2.16. The van der Waals surface area contributed by atoms with E-state index in [2.05, 4.69) is 10.3 Å². The van der Waals surface area contributed by atoms with Gasteiger partial charge in [0, 0.05) is 31.0 Å². The lowest BCUT2D eigenvalue weighted by atomic mass is 10.1. The number of Topliss-reactive ketones (excluding diaryl/α,β-unsaturated/α-hetero) is 1. The van der Waals surface area contributed by atoms with E-state index < -0.39 is 5.92 Å². The van der Waals surface area contributed by atoms with Gasteiger partial charge in [0.25, 0.3) is 0 Å². The molecule has 1 aromatic heterocycles. The molecule has 1 aliphatic heterocycles. The van der Waals surface area contributed by atoms with Crippen molar-refractivity contribution in [3.05, 3.63) is 41.4 Å². The van der Waals surface area contributed by atoms with E-state index in [-0.39, 0.29) is 24.0 Å². The van der Waals surface area contributed by atoms with Gasteiger partial charge in [-0.25, -0.2) is 4.98 Å². The second kappa shape index (κ2) is 6.29. The summed E-state index contributed by atoms with van der Waals surface area (Å²) in [7, 11) is 0. The fourth-order valence-electron chi connectivity index (χ4n) is 2.44. The second-order valence-electron chi connectivity index (χ2n) is 5.32. The molecular weight excluding hydrogens is 314 g/mol. The minimum atomic E-state index is -0.424. The van der Waals surface area contributed by atoms with Crippen molar-refractivity contribution in [1.29, 1.82) is 0 Å². The first kappa shape index (κ1) is 15.4. The van der Waals surface area contributed by atoms with E-state index in [1.165, 1.54) is 18.3 Å². The summed E-state index contributed by atoms with van der Waals surface area (Å²) in [5, 5.41) is 4.67. The van der Waals surface area contributed by atoms with Crippen LogP contribution in [0.4, 0.5) is 10.8 Å². The van der Waals surface area contributed by atoms with Gasteiger partial charge in [-0.3, -0.25) is 14.4 Å². The lowest BCUT2D eigenvalue weighted by molar-refractivity contribution is -0.122. The number of aromatic nitrogens is 1. The number of carbonyl (C=O) groups is 3. The first-order valence-electron chi connectivity index (χ1n) is 7.17. The molecule has 2 amide bonds. The number of hydrogen-bond acceptors (Lipinski definition) is 5. The third-order valence-electron chi connectivity index (χ3n) is 3.66. The minimum Gasteiger partial charge on any atom is -0.312 e. The Morgan fingerprint density at radius 1 is 1.30 bits per heavy atom. The number of benzene rings is 1. The van der Waals surface area contributed by atoms with E-state index >= 15 is 0 Å². The molecule has 0 aliphatic carbocycles. The van der Waals surface area contributed by atoms with E-state index in [9.17, 15) is 14.4 Å². The maximum atomic E-state index is 12.3. The topological polar surface area (TPSA) is 79.4 Å². The highest BCUT2D eigenvalue weighted by Crippen LogP contribution is 2.26. The monoisotopic (exact) mass is 329 g/mol. The number of nitrogens with one attached hydrogen (secondary N) is 1. The zero-order chi connectivity index (χ0) is 16.4. The zero-order valence-corrected chi connectivity index (χ0v) is 13.3. The standard InChI is InChI=1S/C16H15N3O3S/c1-10(20)13-9-23-16(17-13)18-15(22)11-7-14(21)19(8-11)12-5-3-2-4-6-12/h2-6,9,11H,7-8H2,1H3,(H,17,18,22). The number of nitrogens with zero attached hydrogens (tertiary/aromatic N) is 2. The fraction of sp³-hybridized carbons (Fsp3) is 0.250. The molecule has 6 nitrogen and oxygen atoms in total. The predicted octanol–water partition coefficient (Wildman–Crippen LogP) is 2.34. The van der Waals surface area contributed by atoms with Crippen LogP contribution < -0.4 is 10.2 Å². The van der Waals surface area contributed by atoms with Crippen molar-refractivity contribution < 1.29 is 14.4 Å². The molecule has 1 fully saturated rings. The summed E-state index contributed by atoms with van der Waals surface area (Å²) in [5.41, 5.74) is 1.12. The van der Waals surface area contributed by atoms with Gasteiger partial charge in [-0.2, -0.15) is 0 Å². The lowest BCUT2D eigenvalue weighted by Crippen LogP contribution is -2.28. The summed E-state index contributed by atoms with van der Waals surface area (Å²) in [5.74, 6) is -0.887. The number of hydrogen-bond donors (Lipinski definition) is 1. The Hall–Kier alpha value is -2.54. The third kappa shape index (κ3) is 3.29. The highest BCUT2D eigenvalue weighted by Gasteiger charge is 2.35. The number of carbonyl (C=O) groups excluding carboxylic acids is 3. The Balaban J connectivity index is 1.67. The molecule has 0 spiro atoms. The number of amides is 2. The van der Waals surface area contributed by atoms with E-state index in [0.29, 0.717) is 17.4 Å². The zero-order valence-electron chi connectivity index (χ0n) is 12.5. The van der Waals surface area contributed by atoms with Crippen molar-refractivity contribution in [1.82, 2.24) is 4.98 Å². The second-order valence-corrected chi connectivity index (χ2v) is 6.18. The van der Waals surface area contributed by atoms with Gasteiger partial charge in [-0.1, -0.05) is 18.2 Å². The molecular formula is C16H15N3O3S. The van der Waals surface area contributed by atoms with Gasteiger partial charge in [0.1, 0.15) is 5.69 Å². The number of para-hydroxylation sites is 1. The van der Waals surface area contributed by atoms with Gasteiger partial charge in [-0.15, -0.1) is 11.3 Å². The van der Waals surface area contributed by atoms with Crippen LogP contribution in [0.15, 0.2) is 35.7 Å². The van der Waals surface area contributed by atoms with Gasteiger partial charge in [0.2, 0.25) is 11.8 Å².